The maximum atomic E-state index is 12.3. The molecule has 0 saturated heterocycles. The Hall–Kier alpha value is -1.55. The molecule has 19 heavy (non-hydrogen) atoms. The van der Waals surface area contributed by atoms with Gasteiger partial charge in [-0.1, -0.05) is 19.1 Å². The number of hydrogen-bond acceptors (Lipinski definition) is 3. The number of para-hydroxylation sites is 1. The molecule has 1 heterocycles. The number of benzene rings is 1. The Bertz CT molecular complexity index is 459. The van der Waals surface area contributed by atoms with Crippen molar-refractivity contribution in [3.05, 3.63) is 29.8 Å². The second-order valence-corrected chi connectivity index (χ2v) is 5.58. The highest BCUT2D eigenvalue weighted by atomic mass is 16.5. The summed E-state index contributed by atoms with van der Waals surface area (Å²) in [5.74, 6) is 1.02. The summed E-state index contributed by atoms with van der Waals surface area (Å²) in [4.78, 5) is 16.2. The molecule has 1 amide bonds. The van der Waals surface area contributed by atoms with Crippen LogP contribution in [0.2, 0.25) is 0 Å². The molecule has 0 saturated carbocycles. The summed E-state index contributed by atoms with van der Waals surface area (Å²) in [6, 6.07) is 7.49. The molecule has 4 heteroatoms. The van der Waals surface area contributed by atoms with Crippen molar-refractivity contribution in [3.63, 3.8) is 0 Å². The molecule has 1 aromatic carbocycles. The average Bonchev–Trinajstić information content (AvgIpc) is 2.36. The highest BCUT2D eigenvalue weighted by Gasteiger charge is 2.28. The summed E-state index contributed by atoms with van der Waals surface area (Å²) < 4.78 is 6.09. The van der Waals surface area contributed by atoms with Crippen LogP contribution in [0.1, 0.15) is 17.3 Å². The molecular weight excluding hydrogens is 240 g/mol. The Labute approximate surface area is 115 Å². The number of amides is 1. The van der Waals surface area contributed by atoms with Gasteiger partial charge in [-0.25, -0.2) is 0 Å². The number of nitrogens with zero attached hydrogens (tertiary/aromatic N) is 2. The molecule has 0 aliphatic carbocycles. The van der Waals surface area contributed by atoms with E-state index in [-0.39, 0.29) is 12.0 Å². The normalized spacial score (nSPS) is 23.6. The van der Waals surface area contributed by atoms with Gasteiger partial charge in [-0.3, -0.25) is 4.79 Å². The molecule has 1 aliphatic heterocycles. The highest BCUT2D eigenvalue weighted by Crippen LogP contribution is 2.26. The van der Waals surface area contributed by atoms with Gasteiger partial charge in [-0.05, 0) is 26.2 Å². The van der Waals surface area contributed by atoms with Crippen LogP contribution in [0.4, 0.5) is 0 Å². The van der Waals surface area contributed by atoms with Crippen LogP contribution in [0.3, 0.4) is 0 Å². The molecule has 0 fully saturated rings. The minimum Gasteiger partial charge on any atom is -0.488 e. The van der Waals surface area contributed by atoms with Crippen molar-refractivity contribution < 1.29 is 9.53 Å². The second kappa shape index (κ2) is 5.61. The number of ether oxygens (including phenoxy) is 1. The third-order valence-electron chi connectivity index (χ3n) is 3.48. The first-order chi connectivity index (χ1) is 8.99. The topological polar surface area (TPSA) is 32.8 Å². The quantitative estimate of drug-likeness (QED) is 0.813. The van der Waals surface area contributed by atoms with Crippen molar-refractivity contribution in [1.82, 2.24) is 9.80 Å². The molecule has 0 aromatic heterocycles. The third kappa shape index (κ3) is 3.07. The summed E-state index contributed by atoms with van der Waals surface area (Å²) >= 11 is 0. The van der Waals surface area contributed by atoms with Gasteiger partial charge in [0.25, 0.3) is 5.91 Å². The average molecular weight is 262 g/mol. The van der Waals surface area contributed by atoms with Gasteiger partial charge in [0.15, 0.2) is 0 Å². The van der Waals surface area contributed by atoms with Crippen molar-refractivity contribution >= 4 is 5.91 Å². The van der Waals surface area contributed by atoms with Crippen molar-refractivity contribution in [1.29, 1.82) is 0 Å². The standard InChI is InChI=1S/C15H22N2O2/c1-11-9-17(4)15(18)12-7-5-6-8-13(12)19-14(11)10-16(2)3/h5-8,11,14H,9-10H2,1-4H3/t11-,14+/m1/s1. The van der Waals surface area contributed by atoms with Gasteiger partial charge in [0, 0.05) is 26.1 Å². The van der Waals surface area contributed by atoms with E-state index in [1.54, 1.807) is 4.90 Å². The van der Waals surface area contributed by atoms with E-state index in [0.717, 1.165) is 6.54 Å². The number of fused-ring (bicyclic) bond motifs is 1. The van der Waals surface area contributed by atoms with Crippen LogP contribution in [0.15, 0.2) is 24.3 Å². The van der Waals surface area contributed by atoms with Gasteiger partial charge >= 0.3 is 0 Å². The fourth-order valence-corrected chi connectivity index (χ4v) is 2.44. The predicted octanol–water partition coefficient (Wildman–Crippen LogP) is 1.72. The summed E-state index contributed by atoms with van der Waals surface area (Å²) in [5, 5.41) is 0. The molecule has 1 aromatic rings. The van der Waals surface area contributed by atoms with Gasteiger partial charge < -0.3 is 14.5 Å². The van der Waals surface area contributed by atoms with E-state index >= 15 is 0 Å². The SMILES string of the molecule is C[C@@H]1CN(C)C(=O)c2ccccc2O[C@H]1CN(C)C. The van der Waals surface area contributed by atoms with E-state index in [2.05, 4.69) is 11.8 Å². The van der Waals surface area contributed by atoms with Gasteiger partial charge in [0.05, 0.1) is 5.56 Å². The van der Waals surface area contributed by atoms with Crippen molar-refractivity contribution in [3.8, 4) is 5.75 Å². The fourth-order valence-electron chi connectivity index (χ4n) is 2.44. The lowest BCUT2D eigenvalue weighted by Gasteiger charge is -2.34. The van der Waals surface area contributed by atoms with Crippen LogP contribution in [-0.4, -0.2) is 56.0 Å². The highest BCUT2D eigenvalue weighted by molar-refractivity contribution is 5.96. The zero-order valence-electron chi connectivity index (χ0n) is 12.1. The molecule has 0 bridgehead atoms. The van der Waals surface area contributed by atoms with E-state index in [4.69, 9.17) is 4.74 Å². The van der Waals surface area contributed by atoms with Crippen LogP contribution < -0.4 is 4.74 Å². The van der Waals surface area contributed by atoms with Crippen molar-refractivity contribution in [2.75, 3.05) is 34.2 Å². The van der Waals surface area contributed by atoms with E-state index in [1.165, 1.54) is 0 Å². The van der Waals surface area contributed by atoms with Gasteiger partial charge in [0.1, 0.15) is 11.9 Å². The van der Waals surface area contributed by atoms with Gasteiger partial charge in [0.2, 0.25) is 0 Å². The Morgan fingerprint density at radius 1 is 1.37 bits per heavy atom. The lowest BCUT2D eigenvalue weighted by Crippen LogP contribution is -2.44. The predicted molar refractivity (Wildman–Crippen MR) is 75.5 cm³/mol. The number of rotatable bonds is 2. The molecule has 104 valence electrons. The number of likely N-dealkylation sites (N-methyl/N-ethyl adjacent to an activating group) is 1. The molecule has 2 rings (SSSR count). The summed E-state index contributed by atoms with van der Waals surface area (Å²) in [6.45, 7) is 3.69. The minimum absolute atomic E-state index is 0.0331. The Morgan fingerprint density at radius 2 is 2.05 bits per heavy atom. The number of carbonyl (C=O) groups excluding carboxylic acids is 1. The van der Waals surface area contributed by atoms with Crippen LogP contribution in [0.25, 0.3) is 0 Å². The van der Waals surface area contributed by atoms with Crippen LogP contribution >= 0.6 is 0 Å². The largest absolute Gasteiger partial charge is 0.488 e. The smallest absolute Gasteiger partial charge is 0.257 e. The van der Waals surface area contributed by atoms with E-state index < -0.39 is 0 Å². The van der Waals surface area contributed by atoms with Crippen LogP contribution in [-0.2, 0) is 0 Å². The van der Waals surface area contributed by atoms with Crippen molar-refractivity contribution in [2.45, 2.75) is 13.0 Å². The van der Waals surface area contributed by atoms with Gasteiger partial charge in [-0.15, -0.1) is 0 Å². The van der Waals surface area contributed by atoms with E-state index in [1.807, 2.05) is 45.4 Å². The number of carbonyl (C=O) groups is 1. The Balaban J connectivity index is 2.34. The van der Waals surface area contributed by atoms with Crippen LogP contribution in [0, 0.1) is 5.92 Å². The lowest BCUT2D eigenvalue weighted by atomic mass is 10.0. The first-order valence-corrected chi connectivity index (χ1v) is 6.65. The molecule has 1 aliphatic rings. The maximum Gasteiger partial charge on any atom is 0.257 e. The molecule has 0 N–H and O–H groups in total. The van der Waals surface area contributed by atoms with E-state index in [9.17, 15) is 4.79 Å². The first-order valence-electron chi connectivity index (χ1n) is 6.65. The Kier molecular flexibility index (Phi) is 4.10. The van der Waals surface area contributed by atoms with E-state index in [0.29, 0.717) is 23.8 Å². The molecule has 0 spiro atoms. The fraction of sp³-hybridized carbons (Fsp3) is 0.533. The molecule has 0 unspecified atom stereocenters. The first kappa shape index (κ1) is 13.9. The molecule has 0 radical (unpaired) electrons. The molecule has 2 atom stereocenters. The van der Waals surface area contributed by atoms with Gasteiger partial charge in [-0.2, -0.15) is 0 Å². The van der Waals surface area contributed by atoms with Crippen LogP contribution in [0.5, 0.6) is 5.75 Å². The molecular formula is C15H22N2O2. The summed E-state index contributed by atoms with van der Waals surface area (Å²) in [7, 11) is 5.93. The zero-order valence-corrected chi connectivity index (χ0v) is 12.1. The zero-order chi connectivity index (χ0) is 14.0. The maximum absolute atomic E-state index is 12.3. The third-order valence-corrected chi connectivity index (χ3v) is 3.48. The Morgan fingerprint density at radius 3 is 2.74 bits per heavy atom. The van der Waals surface area contributed by atoms with Crippen molar-refractivity contribution in [2.24, 2.45) is 5.92 Å². The summed E-state index contributed by atoms with van der Waals surface area (Å²) in [6.07, 6.45) is 0.0895. The monoisotopic (exact) mass is 262 g/mol. The minimum atomic E-state index is 0.0331. The second-order valence-electron chi connectivity index (χ2n) is 5.58. The lowest BCUT2D eigenvalue weighted by molar-refractivity contribution is 0.0576. The summed E-state index contributed by atoms with van der Waals surface area (Å²) in [5.41, 5.74) is 0.653. The number of hydrogen-bond donors (Lipinski definition) is 0. The molecule has 4 nitrogen and oxygen atoms in total.